The summed E-state index contributed by atoms with van der Waals surface area (Å²) in [6, 6.07) is 10.1. The van der Waals surface area contributed by atoms with Gasteiger partial charge in [0.25, 0.3) is 0 Å². The van der Waals surface area contributed by atoms with E-state index in [-0.39, 0.29) is 0 Å². The Morgan fingerprint density at radius 3 is 0.895 bits per heavy atom. The van der Waals surface area contributed by atoms with Crippen LogP contribution in [0.3, 0.4) is 0 Å². The summed E-state index contributed by atoms with van der Waals surface area (Å²) in [5, 5.41) is 0. The first kappa shape index (κ1) is 35.1. The fraction of sp³-hybridized carbons (Fsp3) is 0.778. The molecule has 1 rings (SSSR count). The van der Waals surface area contributed by atoms with Gasteiger partial charge in [0.1, 0.15) is 0 Å². The van der Waals surface area contributed by atoms with Crippen LogP contribution in [0.4, 0.5) is 0 Å². The maximum atomic E-state index is 5.56. The van der Waals surface area contributed by atoms with E-state index >= 15 is 0 Å². The van der Waals surface area contributed by atoms with Gasteiger partial charge in [-0.3, -0.25) is 0 Å². The van der Waals surface area contributed by atoms with Gasteiger partial charge in [0.05, 0.1) is 132 Å². The van der Waals surface area contributed by atoms with E-state index in [0.717, 1.165) is 5.56 Å². The van der Waals surface area contributed by atoms with Gasteiger partial charge in [0.2, 0.25) is 0 Å². The predicted octanol–water partition coefficient (Wildman–Crippen LogP) is 2.59. The summed E-state index contributed by atoms with van der Waals surface area (Å²) in [7, 11) is 0. The molecule has 0 spiro atoms. The van der Waals surface area contributed by atoms with Crippen molar-refractivity contribution in [2.45, 2.75) is 6.61 Å². The second-order valence-electron chi connectivity index (χ2n) is 7.74. The van der Waals surface area contributed by atoms with Gasteiger partial charge in [-0.1, -0.05) is 30.3 Å². The van der Waals surface area contributed by atoms with Gasteiger partial charge < -0.3 is 47.4 Å². The van der Waals surface area contributed by atoms with Gasteiger partial charge in [0.15, 0.2) is 0 Å². The summed E-state index contributed by atoms with van der Waals surface area (Å²) < 4.78 is 54.3. The average Bonchev–Trinajstić information content (AvgIpc) is 2.94. The summed E-state index contributed by atoms with van der Waals surface area (Å²) in [5.41, 5.74) is 1.16. The maximum absolute atomic E-state index is 5.56. The molecule has 0 unspecified atom stereocenters. The predicted molar refractivity (Wildman–Crippen MR) is 144 cm³/mol. The molecule has 0 N–H and O–H groups in total. The van der Waals surface area contributed by atoms with E-state index in [4.69, 9.17) is 59.0 Å². The molecule has 0 saturated carbocycles. The molecule has 0 heterocycles. The number of ether oxygens (including phenoxy) is 10. The highest BCUT2D eigenvalue weighted by atomic mass is 35.5. The van der Waals surface area contributed by atoms with Crippen LogP contribution >= 0.6 is 11.6 Å². The number of hydrogen-bond acceptors (Lipinski definition) is 10. The van der Waals surface area contributed by atoms with Gasteiger partial charge in [0, 0.05) is 5.88 Å². The molecule has 0 amide bonds. The molecule has 0 fully saturated rings. The Balaban J connectivity index is 1.62. The van der Waals surface area contributed by atoms with Gasteiger partial charge in [-0.05, 0) is 5.56 Å². The van der Waals surface area contributed by atoms with E-state index in [9.17, 15) is 0 Å². The first-order chi connectivity index (χ1) is 18.9. The highest BCUT2D eigenvalue weighted by Gasteiger charge is 1.96. The summed E-state index contributed by atoms with van der Waals surface area (Å²) in [4.78, 5) is 0. The van der Waals surface area contributed by atoms with Crippen LogP contribution in [0.1, 0.15) is 5.56 Å². The van der Waals surface area contributed by atoms with Crippen LogP contribution in [0.2, 0.25) is 0 Å². The zero-order valence-corrected chi connectivity index (χ0v) is 23.5. The van der Waals surface area contributed by atoms with Crippen molar-refractivity contribution in [3.8, 4) is 0 Å². The van der Waals surface area contributed by atoms with Gasteiger partial charge in [-0.2, -0.15) is 0 Å². The van der Waals surface area contributed by atoms with E-state index in [1.54, 1.807) is 0 Å². The summed E-state index contributed by atoms with van der Waals surface area (Å²) >= 11 is 5.50. The molecule has 0 saturated heterocycles. The van der Waals surface area contributed by atoms with E-state index in [2.05, 4.69) is 0 Å². The molecule has 0 radical (unpaired) electrons. The topological polar surface area (TPSA) is 92.3 Å². The van der Waals surface area contributed by atoms with Crippen LogP contribution in [0.15, 0.2) is 30.3 Å². The van der Waals surface area contributed by atoms with Crippen LogP contribution in [0.5, 0.6) is 0 Å². The van der Waals surface area contributed by atoms with Crippen LogP contribution in [0, 0.1) is 0 Å². The van der Waals surface area contributed by atoms with Crippen molar-refractivity contribution >= 4 is 11.6 Å². The van der Waals surface area contributed by atoms with E-state index in [1.165, 1.54) is 0 Å². The Kier molecular flexibility index (Phi) is 28.3. The minimum Gasteiger partial charge on any atom is -0.378 e. The Hall–Kier alpha value is -0.890. The largest absolute Gasteiger partial charge is 0.378 e. The molecule has 11 heteroatoms. The first-order valence-corrected chi connectivity index (χ1v) is 13.8. The molecule has 0 bridgehead atoms. The quantitative estimate of drug-likeness (QED) is 0.0986. The Bertz CT molecular complexity index is 570. The molecule has 0 aliphatic heterocycles. The third kappa shape index (κ3) is 26.7. The molecular formula is C27H47ClO10. The van der Waals surface area contributed by atoms with Crippen LogP contribution < -0.4 is 0 Å². The molecule has 10 nitrogen and oxygen atoms in total. The highest BCUT2D eigenvalue weighted by molar-refractivity contribution is 6.17. The zero-order chi connectivity index (χ0) is 27.0. The lowest BCUT2D eigenvalue weighted by Crippen LogP contribution is -2.15. The van der Waals surface area contributed by atoms with Crippen LogP contribution in [-0.4, -0.2) is 131 Å². The second kappa shape index (κ2) is 30.6. The van der Waals surface area contributed by atoms with Crippen molar-refractivity contribution in [1.82, 2.24) is 0 Å². The van der Waals surface area contributed by atoms with Crippen molar-refractivity contribution in [3.05, 3.63) is 35.9 Å². The molecule has 38 heavy (non-hydrogen) atoms. The van der Waals surface area contributed by atoms with E-state index in [1.807, 2.05) is 30.3 Å². The molecule has 1 aromatic rings. The van der Waals surface area contributed by atoms with Crippen molar-refractivity contribution in [2.24, 2.45) is 0 Å². The van der Waals surface area contributed by atoms with Crippen molar-refractivity contribution in [1.29, 1.82) is 0 Å². The lowest BCUT2D eigenvalue weighted by atomic mass is 10.2. The minimum absolute atomic E-state index is 0.500. The smallest absolute Gasteiger partial charge is 0.0718 e. The molecule has 0 atom stereocenters. The Labute approximate surface area is 233 Å². The minimum atomic E-state index is 0.500. The third-order valence-corrected chi connectivity index (χ3v) is 4.84. The van der Waals surface area contributed by atoms with E-state index < -0.39 is 0 Å². The molecule has 0 aliphatic carbocycles. The summed E-state index contributed by atoms with van der Waals surface area (Å²) in [6.07, 6.45) is 0. The fourth-order valence-electron chi connectivity index (χ4n) is 2.80. The van der Waals surface area contributed by atoms with Crippen LogP contribution in [0.25, 0.3) is 0 Å². The monoisotopic (exact) mass is 566 g/mol. The number of rotatable bonds is 31. The number of hydrogen-bond donors (Lipinski definition) is 0. The molecule has 0 aromatic heterocycles. The molecule has 1 aromatic carbocycles. The summed E-state index contributed by atoms with van der Waals surface area (Å²) in [5.74, 6) is 0.500. The molecule has 0 aliphatic rings. The average molecular weight is 567 g/mol. The third-order valence-electron chi connectivity index (χ3n) is 4.68. The standard InChI is InChI=1S/C27H47ClO10/c28-6-7-29-8-9-30-10-11-31-12-13-32-14-15-33-16-17-34-18-19-35-20-21-36-22-23-37-24-25-38-26-27-4-2-1-3-5-27/h1-5H,6-26H2. The van der Waals surface area contributed by atoms with Crippen molar-refractivity contribution < 1.29 is 47.4 Å². The van der Waals surface area contributed by atoms with E-state index in [0.29, 0.717) is 138 Å². The van der Waals surface area contributed by atoms with Gasteiger partial charge in [-0.15, -0.1) is 11.6 Å². The molecular weight excluding hydrogens is 520 g/mol. The lowest BCUT2D eigenvalue weighted by Gasteiger charge is -2.09. The SMILES string of the molecule is ClCCOCCOCCOCCOCCOCCOCCOCCOCCOCCOCc1ccccc1. The number of benzene rings is 1. The lowest BCUT2D eigenvalue weighted by molar-refractivity contribution is -0.0265. The maximum Gasteiger partial charge on any atom is 0.0718 e. The van der Waals surface area contributed by atoms with Crippen molar-refractivity contribution in [3.63, 3.8) is 0 Å². The van der Waals surface area contributed by atoms with Gasteiger partial charge in [-0.25, -0.2) is 0 Å². The number of alkyl halides is 1. The fourth-order valence-corrected chi connectivity index (χ4v) is 2.91. The van der Waals surface area contributed by atoms with Crippen LogP contribution in [-0.2, 0) is 54.0 Å². The Morgan fingerprint density at radius 1 is 0.342 bits per heavy atom. The second-order valence-corrected chi connectivity index (χ2v) is 8.12. The normalized spacial score (nSPS) is 11.4. The number of halogens is 1. The van der Waals surface area contributed by atoms with Crippen molar-refractivity contribution in [2.75, 3.05) is 131 Å². The molecule has 222 valence electrons. The Morgan fingerprint density at radius 2 is 0.605 bits per heavy atom. The summed E-state index contributed by atoms with van der Waals surface area (Å²) in [6.45, 7) is 10.7. The highest BCUT2D eigenvalue weighted by Crippen LogP contribution is 2.00. The van der Waals surface area contributed by atoms with Gasteiger partial charge >= 0.3 is 0 Å². The zero-order valence-electron chi connectivity index (χ0n) is 22.7. The first-order valence-electron chi connectivity index (χ1n) is 13.3.